The van der Waals surface area contributed by atoms with Crippen molar-refractivity contribution in [2.45, 2.75) is 6.92 Å². The number of thiazole rings is 2. The van der Waals surface area contributed by atoms with Crippen LogP contribution in [0.2, 0.25) is 0 Å². The molecule has 0 aliphatic heterocycles. The number of aryl methyl sites for hydroxylation is 1. The number of nitriles is 1. The van der Waals surface area contributed by atoms with E-state index in [1.165, 1.54) is 16.9 Å². The van der Waals surface area contributed by atoms with Crippen molar-refractivity contribution in [3.8, 4) is 16.8 Å². The van der Waals surface area contributed by atoms with Crippen molar-refractivity contribution in [3.63, 3.8) is 0 Å². The van der Waals surface area contributed by atoms with Crippen LogP contribution < -0.4 is 0 Å². The van der Waals surface area contributed by atoms with Gasteiger partial charge in [0.05, 0.1) is 15.8 Å². The van der Waals surface area contributed by atoms with E-state index in [0.717, 1.165) is 31.5 Å². The average Bonchev–Trinajstić information content (AvgIpc) is 3.28. The number of benzene rings is 2. The first-order valence-corrected chi connectivity index (χ1v) is 9.43. The van der Waals surface area contributed by atoms with Gasteiger partial charge in [0.1, 0.15) is 21.8 Å². The Balaban J connectivity index is 1.69. The molecule has 0 atom stereocenters. The lowest BCUT2D eigenvalue weighted by atomic mass is 10.1. The minimum atomic E-state index is 0.571. The molecule has 0 spiro atoms. The zero-order valence-electron chi connectivity index (χ0n) is 13.4. The van der Waals surface area contributed by atoms with Crippen LogP contribution in [0.5, 0.6) is 0 Å². The van der Waals surface area contributed by atoms with Crippen LogP contribution in [-0.4, -0.2) is 9.97 Å². The van der Waals surface area contributed by atoms with Crippen LogP contribution in [0.3, 0.4) is 0 Å². The van der Waals surface area contributed by atoms with Crippen LogP contribution in [-0.2, 0) is 0 Å². The van der Waals surface area contributed by atoms with Gasteiger partial charge in [-0.25, -0.2) is 9.97 Å². The van der Waals surface area contributed by atoms with Crippen molar-refractivity contribution >= 4 is 44.5 Å². The minimum Gasteiger partial charge on any atom is -0.234 e. The van der Waals surface area contributed by atoms with Gasteiger partial charge in [0.15, 0.2) is 0 Å². The molecule has 0 N–H and O–H groups in total. The van der Waals surface area contributed by atoms with E-state index in [1.54, 1.807) is 11.3 Å². The summed E-state index contributed by atoms with van der Waals surface area (Å²) >= 11 is 3.09. The van der Waals surface area contributed by atoms with Gasteiger partial charge < -0.3 is 0 Å². The maximum atomic E-state index is 9.52. The summed E-state index contributed by atoms with van der Waals surface area (Å²) in [5.41, 5.74) is 4.57. The van der Waals surface area contributed by atoms with Crippen LogP contribution in [0.25, 0.3) is 32.6 Å². The highest BCUT2D eigenvalue weighted by atomic mass is 32.1. The summed E-state index contributed by atoms with van der Waals surface area (Å²) in [6.45, 7) is 2.05. The van der Waals surface area contributed by atoms with E-state index in [9.17, 15) is 5.26 Å². The molecule has 4 aromatic rings. The van der Waals surface area contributed by atoms with E-state index in [-0.39, 0.29) is 0 Å². The summed E-state index contributed by atoms with van der Waals surface area (Å²) in [4.78, 5) is 9.27. The van der Waals surface area contributed by atoms with E-state index in [2.05, 4.69) is 22.1 Å². The first-order chi connectivity index (χ1) is 12.2. The van der Waals surface area contributed by atoms with Gasteiger partial charge in [0.2, 0.25) is 0 Å². The topological polar surface area (TPSA) is 49.6 Å². The van der Waals surface area contributed by atoms with Crippen LogP contribution in [0.1, 0.15) is 16.1 Å². The molecule has 0 aliphatic carbocycles. The third-order valence-electron chi connectivity index (χ3n) is 3.76. The summed E-state index contributed by atoms with van der Waals surface area (Å²) in [6.07, 6.45) is 1.88. The standard InChI is InChI=1S/C20H13N3S2/c1-13-6-8-14(9-7-13)10-15(11-21)19-23-17(12-24-19)20-22-16-4-2-3-5-18(16)25-20/h2-10,12H,1H3/b15-10+. The second kappa shape index (κ2) is 6.60. The number of fused-ring (bicyclic) bond motifs is 1. The maximum Gasteiger partial charge on any atom is 0.144 e. The summed E-state index contributed by atoms with van der Waals surface area (Å²) in [5, 5.41) is 13.1. The third kappa shape index (κ3) is 3.22. The van der Waals surface area contributed by atoms with Gasteiger partial charge in [-0.3, -0.25) is 0 Å². The van der Waals surface area contributed by atoms with Gasteiger partial charge in [0, 0.05) is 5.38 Å². The minimum absolute atomic E-state index is 0.571. The molecule has 0 saturated heterocycles. The molecule has 0 unspecified atom stereocenters. The fourth-order valence-electron chi connectivity index (χ4n) is 2.45. The summed E-state index contributed by atoms with van der Waals surface area (Å²) in [5.74, 6) is 0. The highest BCUT2D eigenvalue weighted by molar-refractivity contribution is 7.22. The summed E-state index contributed by atoms with van der Waals surface area (Å²) < 4.78 is 1.14. The molecular formula is C20H13N3S2. The molecular weight excluding hydrogens is 346 g/mol. The van der Waals surface area contributed by atoms with Gasteiger partial charge in [-0.05, 0) is 30.7 Å². The number of allylic oxidation sites excluding steroid dienone is 1. The fraction of sp³-hybridized carbons (Fsp3) is 0.0500. The molecule has 2 heterocycles. The first kappa shape index (κ1) is 15.7. The van der Waals surface area contributed by atoms with Crippen LogP contribution in [0.4, 0.5) is 0 Å². The lowest BCUT2D eigenvalue weighted by Gasteiger charge is -1.96. The lowest BCUT2D eigenvalue weighted by molar-refractivity contribution is 1.34. The first-order valence-electron chi connectivity index (χ1n) is 7.73. The average molecular weight is 359 g/mol. The van der Waals surface area contributed by atoms with Gasteiger partial charge >= 0.3 is 0 Å². The van der Waals surface area contributed by atoms with Crippen LogP contribution in [0.15, 0.2) is 53.9 Å². The van der Waals surface area contributed by atoms with Crippen molar-refractivity contribution in [2.75, 3.05) is 0 Å². The van der Waals surface area contributed by atoms with Gasteiger partial charge in [0.25, 0.3) is 0 Å². The van der Waals surface area contributed by atoms with Gasteiger partial charge in [-0.2, -0.15) is 5.26 Å². The van der Waals surface area contributed by atoms with E-state index in [4.69, 9.17) is 0 Å². The van der Waals surface area contributed by atoms with Gasteiger partial charge in [-0.1, -0.05) is 42.0 Å². The van der Waals surface area contributed by atoms with Crippen molar-refractivity contribution in [1.82, 2.24) is 9.97 Å². The van der Waals surface area contributed by atoms with Gasteiger partial charge in [-0.15, -0.1) is 22.7 Å². The Bertz CT molecular complexity index is 1080. The van der Waals surface area contributed by atoms with Crippen LogP contribution >= 0.6 is 22.7 Å². The summed E-state index contributed by atoms with van der Waals surface area (Å²) in [6, 6.07) is 18.4. The van der Waals surface area contributed by atoms with E-state index >= 15 is 0 Å². The maximum absolute atomic E-state index is 9.52. The molecule has 2 aromatic carbocycles. The Hall–Kier alpha value is -2.81. The highest BCUT2D eigenvalue weighted by Gasteiger charge is 2.12. The molecule has 0 bridgehead atoms. The lowest BCUT2D eigenvalue weighted by Crippen LogP contribution is -1.83. The summed E-state index contributed by atoms with van der Waals surface area (Å²) in [7, 11) is 0. The number of aromatic nitrogens is 2. The molecule has 0 amide bonds. The number of hydrogen-bond donors (Lipinski definition) is 0. The molecule has 0 radical (unpaired) electrons. The molecule has 0 saturated carbocycles. The predicted molar refractivity (Wildman–Crippen MR) is 105 cm³/mol. The molecule has 0 aliphatic rings. The SMILES string of the molecule is Cc1ccc(/C=C(\C#N)c2nc(-c3nc4ccccc4s3)cs2)cc1. The molecule has 120 valence electrons. The normalized spacial score (nSPS) is 11.6. The zero-order chi connectivity index (χ0) is 17.2. The number of nitrogens with zero attached hydrogens (tertiary/aromatic N) is 3. The second-order valence-corrected chi connectivity index (χ2v) is 7.49. The van der Waals surface area contributed by atoms with E-state index in [1.807, 2.05) is 60.8 Å². The highest BCUT2D eigenvalue weighted by Crippen LogP contribution is 2.32. The largest absolute Gasteiger partial charge is 0.234 e. The van der Waals surface area contributed by atoms with E-state index in [0.29, 0.717) is 5.57 Å². The van der Waals surface area contributed by atoms with Crippen molar-refractivity contribution in [2.24, 2.45) is 0 Å². The van der Waals surface area contributed by atoms with Crippen LogP contribution in [0, 0.1) is 18.3 Å². The molecule has 0 fully saturated rings. The molecule has 4 rings (SSSR count). The van der Waals surface area contributed by atoms with Crippen molar-refractivity contribution < 1.29 is 0 Å². The Morgan fingerprint density at radius 3 is 2.64 bits per heavy atom. The van der Waals surface area contributed by atoms with E-state index < -0.39 is 0 Å². The smallest absolute Gasteiger partial charge is 0.144 e. The predicted octanol–water partition coefficient (Wildman–Crippen LogP) is 5.79. The van der Waals surface area contributed by atoms with Crippen molar-refractivity contribution in [1.29, 1.82) is 5.26 Å². The Kier molecular flexibility index (Phi) is 4.14. The fourth-order valence-corrected chi connectivity index (χ4v) is 4.22. The molecule has 5 heteroatoms. The zero-order valence-corrected chi connectivity index (χ0v) is 15.1. The Labute approximate surface area is 153 Å². The Morgan fingerprint density at radius 2 is 1.88 bits per heavy atom. The number of rotatable bonds is 3. The quantitative estimate of drug-likeness (QED) is 0.435. The monoisotopic (exact) mass is 359 g/mol. The number of para-hydroxylation sites is 1. The second-order valence-electron chi connectivity index (χ2n) is 5.61. The van der Waals surface area contributed by atoms with Crippen molar-refractivity contribution in [3.05, 3.63) is 70.0 Å². The molecule has 2 aromatic heterocycles. The number of hydrogen-bond acceptors (Lipinski definition) is 5. The molecule has 25 heavy (non-hydrogen) atoms. The molecule has 3 nitrogen and oxygen atoms in total. The Morgan fingerprint density at radius 1 is 1.08 bits per heavy atom. The third-order valence-corrected chi connectivity index (χ3v) is 5.69.